The molecule has 1 aliphatic heterocycles. The Balaban J connectivity index is 2.32. The van der Waals surface area contributed by atoms with Gasteiger partial charge in [0.1, 0.15) is 0 Å². The van der Waals surface area contributed by atoms with Crippen LogP contribution in [0.5, 0.6) is 0 Å². The van der Waals surface area contributed by atoms with Gasteiger partial charge in [-0.25, -0.2) is 0 Å². The van der Waals surface area contributed by atoms with Gasteiger partial charge in [-0.15, -0.1) is 0 Å². The molecule has 0 radical (unpaired) electrons. The first-order chi connectivity index (χ1) is 6.67. The Morgan fingerprint density at radius 3 is 2.57 bits per heavy atom. The molecule has 1 heterocycles. The van der Waals surface area contributed by atoms with Crippen molar-refractivity contribution in [3.05, 3.63) is 0 Å². The van der Waals surface area contributed by atoms with Crippen molar-refractivity contribution in [1.82, 2.24) is 9.80 Å². The molecule has 1 rings (SSSR count). The number of nitrogens with zero attached hydrogens (tertiary/aromatic N) is 2. The van der Waals surface area contributed by atoms with E-state index in [0.717, 1.165) is 32.6 Å². The molecule has 0 bridgehead atoms. The number of carbonyl (C=O) groups is 1. The fourth-order valence-electron chi connectivity index (χ4n) is 1.87. The van der Waals surface area contributed by atoms with Crippen molar-refractivity contribution in [2.24, 2.45) is 5.73 Å². The van der Waals surface area contributed by atoms with Gasteiger partial charge in [0.25, 0.3) is 0 Å². The molecule has 0 unspecified atom stereocenters. The SMILES string of the molecule is CCN(CC)C(=O)CN1CC[C@H](N)C1. The van der Waals surface area contributed by atoms with Crippen LogP contribution in [-0.4, -0.2) is 54.5 Å². The minimum absolute atomic E-state index is 0.226. The topological polar surface area (TPSA) is 49.6 Å². The molecule has 0 aromatic heterocycles. The van der Waals surface area contributed by atoms with E-state index in [0.29, 0.717) is 6.54 Å². The monoisotopic (exact) mass is 199 g/mol. The summed E-state index contributed by atoms with van der Waals surface area (Å²) in [4.78, 5) is 15.7. The third kappa shape index (κ3) is 2.96. The summed E-state index contributed by atoms with van der Waals surface area (Å²) in [5, 5.41) is 0. The maximum Gasteiger partial charge on any atom is 0.236 e. The highest BCUT2D eigenvalue weighted by Crippen LogP contribution is 2.06. The van der Waals surface area contributed by atoms with Gasteiger partial charge in [0.15, 0.2) is 0 Å². The quantitative estimate of drug-likeness (QED) is 0.687. The molecule has 14 heavy (non-hydrogen) atoms. The maximum absolute atomic E-state index is 11.7. The largest absolute Gasteiger partial charge is 0.342 e. The van der Waals surface area contributed by atoms with E-state index < -0.39 is 0 Å². The highest BCUT2D eigenvalue weighted by Gasteiger charge is 2.22. The lowest BCUT2D eigenvalue weighted by molar-refractivity contribution is -0.131. The highest BCUT2D eigenvalue weighted by atomic mass is 16.2. The molecule has 0 aliphatic carbocycles. The number of hydrogen-bond donors (Lipinski definition) is 1. The highest BCUT2D eigenvalue weighted by molar-refractivity contribution is 5.78. The molecule has 0 aromatic carbocycles. The summed E-state index contributed by atoms with van der Waals surface area (Å²) < 4.78 is 0. The van der Waals surface area contributed by atoms with Crippen molar-refractivity contribution < 1.29 is 4.79 Å². The zero-order valence-electron chi connectivity index (χ0n) is 9.20. The van der Waals surface area contributed by atoms with Crippen LogP contribution in [0.3, 0.4) is 0 Å². The molecular formula is C10H21N3O. The van der Waals surface area contributed by atoms with Crippen molar-refractivity contribution in [2.75, 3.05) is 32.7 Å². The van der Waals surface area contributed by atoms with Gasteiger partial charge in [0.05, 0.1) is 6.54 Å². The van der Waals surface area contributed by atoms with Crippen LogP contribution in [0.4, 0.5) is 0 Å². The summed E-state index contributed by atoms with van der Waals surface area (Å²) >= 11 is 0. The summed E-state index contributed by atoms with van der Waals surface area (Å²) in [5.41, 5.74) is 5.78. The predicted molar refractivity (Wildman–Crippen MR) is 57.0 cm³/mol. The molecule has 1 amide bonds. The first-order valence-electron chi connectivity index (χ1n) is 5.43. The molecular weight excluding hydrogens is 178 g/mol. The minimum Gasteiger partial charge on any atom is -0.342 e. The lowest BCUT2D eigenvalue weighted by atomic mass is 10.3. The maximum atomic E-state index is 11.7. The van der Waals surface area contributed by atoms with E-state index in [1.807, 2.05) is 18.7 Å². The second kappa shape index (κ2) is 5.32. The molecule has 1 fully saturated rings. The van der Waals surface area contributed by atoms with Crippen molar-refractivity contribution in [3.8, 4) is 0 Å². The van der Waals surface area contributed by atoms with Gasteiger partial charge >= 0.3 is 0 Å². The Bertz CT molecular complexity index is 192. The summed E-state index contributed by atoms with van der Waals surface area (Å²) in [6.45, 7) is 8.00. The van der Waals surface area contributed by atoms with E-state index in [9.17, 15) is 4.79 Å². The molecule has 82 valence electrons. The van der Waals surface area contributed by atoms with Gasteiger partial charge in [-0.3, -0.25) is 9.69 Å². The molecule has 4 nitrogen and oxygen atoms in total. The molecule has 1 aliphatic rings. The summed E-state index contributed by atoms with van der Waals surface area (Å²) in [7, 11) is 0. The van der Waals surface area contributed by atoms with Gasteiger partial charge in [-0.2, -0.15) is 0 Å². The molecule has 4 heteroatoms. The Kier molecular flexibility index (Phi) is 4.35. The third-order valence-electron chi connectivity index (χ3n) is 2.78. The van der Waals surface area contributed by atoms with E-state index in [4.69, 9.17) is 5.73 Å². The summed E-state index contributed by atoms with van der Waals surface area (Å²) in [6.07, 6.45) is 1.02. The number of hydrogen-bond acceptors (Lipinski definition) is 3. The van der Waals surface area contributed by atoms with Crippen LogP contribution < -0.4 is 5.73 Å². The fourth-order valence-corrected chi connectivity index (χ4v) is 1.87. The molecule has 0 saturated carbocycles. The second-order valence-electron chi connectivity index (χ2n) is 3.85. The van der Waals surface area contributed by atoms with Crippen LogP contribution >= 0.6 is 0 Å². The number of carbonyl (C=O) groups excluding carboxylic acids is 1. The van der Waals surface area contributed by atoms with Crippen molar-refractivity contribution >= 4 is 5.91 Å². The van der Waals surface area contributed by atoms with E-state index in [-0.39, 0.29) is 11.9 Å². The van der Waals surface area contributed by atoms with Crippen LogP contribution in [0, 0.1) is 0 Å². The van der Waals surface area contributed by atoms with Gasteiger partial charge < -0.3 is 10.6 Å². The molecule has 1 atom stereocenters. The lowest BCUT2D eigenvalue weighted by Crippen LogP contribution is -2.40. The zero-order chi connectivity index (χ0) is 10.6. The van der Waals surface area contributed by atoms with Crippen LogP contribution in [-0.2, 0) is 4.79 Å². The van der Waals surface area contributed by atoms with Gasteiger partial charge in [0, 0.05) is 32.2 Å². The molecule has 2 N–H and O–H groups in total. The van der Waals surface area contributed by atoms with E-state index >= 15 is 0 Å². The van der Waals surface area contributed by atoms with E-state index in [2.05, 4.69) is 4.90 Å². The van der Waals surface area contributed by atoms with Crippen molar-refractivity contribution in [3.63, 3.8) is 0 Å². The first-order valence-corrected chi connectivity index (χ1v) is 5.43. The standard InChI is InChI=1S/C10H21N3O/c1-3-13(4-2)10(14)8-12-6-5-9(11)7-12/h9H,3-8,11H2,1-2H3/t9-/m0/s1. The first kappa shape index (κ1) is 11.5. The van der Waals surface area contributed by atoms with E-state index in [1.165, 1.54) is 0 Å². The molecule has 0 spiro atoms. The summed E-state index contributed by atoms with van der Waals surface area (Å²) in [6, 6.07) is 0.263. The number of nitrogens with two attached hydrogens (primary N) is 1. The van der Waals surface area contributed by atoms with Crippen molar-refractivity contribution in [1.29, 1.82) is 0 Å². The molecule has 0 aromatic rings. The fraction of sp³-hybridized carbons (Fsp3) is 0.900. The lowest BCUT2D eigenvalue weighted by Gasteiger charge is -2.22. The number of rotatable bonds is 4. The van der Waals surface area contributed by atoms with Gasteiger partial charge in [-0.05, 0) is 20.3 Å². The molecule has 1 saturated heterocycles. The van der Waals surface area contributed by atoms with Crippen LogP contribution in [0.2, 0.25) is 0 Å². The smallest absolute Gasteiger partial charge is 0.236 e. The Labute approximate surface area is 86.0 Å². The Hall–Kier alpha value is -0.610. The summed E-state index contributed by atoms with van der Waals surface area (Å²) in [5.74, 6) is 0.226. The van der Waals surface area contributed by atoms with Gasteiger partial charge in [-0.1, -0.05) is 0 Å². The number of likely N-dealkylation sites (tertiary alicyclic amines) is 1. The van der Waals surface area contributed by atoms with Gasteiger partial charge in [0.2, 0.25) is 5.91 Å². The normalized spacial score (nSPS) is 22.6. The number of amides is 1. The number of likely N-dealkylation sites (N-methyl/N-ethyl adjacent to an activating group) is 1. The van der Waals surface area contributed by atoms with Crippen molar-refractivity contribution in [2.45, 2.75) is 26.3 Å². The van der Waals surface area contributed by atoms with Crippen LogP contribution in [0.1, 0.15) is 20.3 Å². The van der Waals surface area contributed by atoms with Crippen LogP contribution in [0.15, 0.2) is 0 Å². The predicted octanol–water partition coefficient (Wildman–Crippen LogP) is -0.112. The van der Waals surface area contributed by atoms with Crippen LogP contribution in [0.25, 0.3) is 0 Å². The zero-order valence-corrected chi connectivity index (χ0v) is 9.20. The second-order valence-corrected chi connectivity index (χ2v) is 3.85. The average Bonchev–Trinajstić information content (AvgIpc) is 2.53. The average molecular weight is 199 g/mol. The minimum atomic E-state index is 0.226. The Morgan fingerprint density at radius 2 is 2.14 bits per heavy atom. The Morgan fingerprint density at radius 1 is 1.50 bits per heavy atom. The third-order valence-corrected chi connectivity index (χ3v) is 2.78. The van der Waals surface area contributed by atoms with E-state index in [1.54, 1.807) is 0 Å².